The second-order valence-electron chi connectivity index (χ2n) is 5.03. The quantitative estimate of drug-likeness (QED) is 0.593. The number of urea groups is 1. The highest BCUT2D eigenvalue weighted by Crippen LogP contribution is 2.14. The van der Waals surface area contributed by atoms with Gasteiger partial charge in [0.05, 0.1) is 0 Å². The number of hydrogen-bond donors (Lipinski definition) is 3. The fourth-order valence-corrected chi connectivity index (χ4v) is 1.63. The topological polar surface area (TPSA) is 78.4 Å². The molecule has 0 saturated carbocycles. The Morgan fingerprint density at radius 3 is 2.33 bits per heavy atom. The summed E-state index contributed by atoms with van der Waals surface area (Å²) in [5.74, 6) is 0.0530. The molecule has 1 atom stereocenters. The Balaban J connectivity index is 3.66. The molecule has 1 unspecified atom stereocenters. The molecule has 0 aromatic rings. The summed E-state index contributed by atoms with van der Waals surface area (Å²) in [6, 6.07) is -0.142. The van der Waals surface area contributed by atoms with E-state index < -0.39 is 5.97 Å². The van der Waals surface area contributed by atoms with Crippen molar-refractivity contribution in [3.05, 3.63) is 0 Å². The Morgan fingerprint density at radius 2 is 1.83 bits per heavy atom. The van der Waals surface area contributed by atoms with E-state index in [-0.39, 0.29) is 12.5 Å². The van der Waals surface area contributed by atoms with E-state index in [0.717, 1.165) is 12.8 Å². The van der Waals surface area contributed by atoms with Crippen LogP contribution in [0.4, 0.5) is 4.79 Å². The number of carboxylic acid groups (broad SMARTS) is 1. The zero-order valence-corrected chi connectivity index (χ0v) is 11.7. The number of carbonyl (C=O) groups excluding carboxylic acids is 1. The molecule has 106 valence electrons. The van der Waals surface area contributed by atoms with Crippen molar-refractivity contribution < 1.29 is 14.7 Å². The summed E-state index contributed by atoms with van der Waals surface area (Å²) < 4.78 is 0. The Labute approximate surface area is 109 Å². The van der Waals surface area contributed by atoms with Gasteiger partial charge in [-0.1, -0.05) is 27.2 Å². The number of hydrogen-bond acceptors (Lipinski definition) is 2. The van der Waals surface area contributed by atoms with Crippen LogP contribution in [0.1, 0.15) is 46.5 Å². The van der Waals surface area contributed by atoms with E-state index in [4.69, 9.17) is 5.11 Å². The van der Waals surface area contributed by atoms with Crippen molar-refractivity contribution in [2.45, 2.75) is 46.5 Å². The van der Waals surface area contributed by atoms with Crippen LogP contribution in [-0.2, 0) is 4.79 Å². The van der Waals surface area contributed by atoms with Gasteiger partial charge in [-0.2, -0.15) is 0 Å². The average Bonchev–Trinajstić information content (AvgIpc) is 2.30. The van der Waals surface area contributed by atoms with Gasteiger partial charge in [-0.3, -0.25) is 4.79 Å². The Bertz CT molecular complexity index is 255. The minimum absolute atomic E-state index is 0.142. The van der Waals surface area contributed by atoms with Crippen LogP contribution in [0.3, 0.4) is 0 Å². The van der Waals surface area contributed by atoms with Crippen molar-refractivity contribution in [2.75, 3.05) is 13.1 Å². The van der Waals surface area contributed by atoms with Crippen LogP contribution in [0.25, 0.3) is 0 Å². The van der Waals surface area contributed by atoms with Gasteiger partial charge < -0.3 is 15.7 Å². The lowest BCUT2D eigenvalue weighted by Gasteiger charge is -2.14. The highest BCUT2D eigenvalue weighted by Gasteiger charge is 2.09. The van der Waals surface area contributed by atoms with E-state index in [1.54, 1.807) is 0 Å². The van der Waals surface area contributed by atoms with Gasteiger partial charge in [-0.15, -0.1) is 0 Å². The molecule has 0 heterocycles. The summed E-state index contributed by atoms with van der Waals surface area (Å²) in [5.41, 5.74) is 0. The summed E-state index contributed by atoms with van der Waals surface area (Å²) in [4.78, 5) is 21.8. The van der Waals surface area contributed by atoms with E-state index in [1.807, 2.05) is 20.8 Å². The number of carboxylic acids is 1. The monoisotopic (exact) mass is 258 g/mol. The van der Waals surface area contributed by atoms with Crippen molar-refractivity contribution >= 4 is 12.0 Å². The Morgan fingerprint density at radius 1 is 1.17 bits per heavy atom. The first kappa shape index (κ1) is 16.7. The molecule has 0 bridgehead atoms. The molecule has 5 heteroatoms. The lowest BCUT2D eigenvalue weighted by Crippen LogP contribution is -2.38. The summed E-state index contributed by atoms with van der Waals surface area (Å²) >= 11 is 0. The molecule has 0 aromatic carbocycles. The van der Waals surface area contributed by atoms with Gasteiger partial charge in [-0.05, 0) is 24.7 Å². The minimum Gasteiger partial charge on any atom is -0.481 e. The lowest BCUT2D eigenvalue weighted by molar-refractivity contribution is -0.137. The van der Waals surface area contributed by atoms with Gasteiger partial charge in [0.25, 0.3) is 0 Å². The molecule has 0 aliphatic heterocycles. The molecule has 0 aliphatic carbocycles. The highest BCUT2D eigenvalue weighted by atomic mass is 16.4. The zero-order chi connectivity index (χ0) is 14.0. The van der Waals surface area contributed by atoms with E-state index in [0.29, 0.717) is 31.3 Å². The Hall–Kier alpha value is -1.26. The fraction of sp³-hybridized carbons (Fsp3) is 0.846. The van der Waals surface area contributed by atoms with E-state index in [1.165, 1.54) is 0 Å². The maximum atomic E-state index is 11.4. The fourth-order valence-electron chi connectivity index (χ4n) is 1.63. The first-order valence-electron chi connectivity index (χ1n) is 6.69. The van der Waals surface area contributed by atoms with Gasteiger partial charge in [0.15, 0.2) is 0 Å². The molecule has 0 radical (unpaired) electrons. The summed E-state index contributed by atoms with van der Waals surface area (Å²) in [6.45, 7) is 7.40. The van der Waals surface area contributed by atoms with Crippen molar-refractivity contribution in [2.24, 2.45) is 11.8 Å². The SMILES string of the molecule is CCC(CCNC(=O)NCC(C)C)CCC(=O)O. The predicted octanol–water partition coefficient (Wildman–Crippen LogP) is 2.22. The van der Waals surface area contributed by atoms with Gasteiger partial charge in [0.2, 0.25) is 0 Å². The molecule has 2 amide bonds. The largest absolute Gasteiger partial charge is 0.481 e. The normalized spacial score (nSPS) is 12.2. The van der Waals surface area contributed by atoms with E-state index in [9.17, 15) is 9.59 Å². The molecule has 3 N–H and O–H groups in total. The third-order valence-corrected chi connectivity index (χ3v) is 2.85. The van der Waals surface area contributed by atoms with E-state index in [2.05, 4.69) is 10.6 Å². The number of carbonyl (C=O) groups is 2. The van der Waals surface area contributed by atoms with Crippen LogP contribution < -0.4 is 10.6 Å². The van der Waals surface area contributed by atoms with Crippen molar-refractivity contribution in [1.82, 2.24) is 10.6 Å². The smallest absolute Gasteiger partial charge is 0.314 e. The number of nitrogens with one attached hydrogen (secondary N) is 2. The third-order valence-electron chi connectivity index (χ3n) is 2.85. The standard InChI is InChI=1S/C13H26N2O3/c1-4-11(5-6-12(16)17)7-8-14-13(18)15-9-10(2)3/h10-11H,4-9H2,1-3H3,(H,16,17)(H2,14,15,18). The molecule has 5 nitrogen and oxygen atoms in total. The first-order valence-corrected chi connectivity index (χ1v) is 6.69. The number of amides is 2. The molecule has 0 spiro atoms. The van der Waals surface area contributed by atoms with Gasteiger partial charge in [-0.25, -0.2) is 4.79 Å². The maximum Gasteiger partial charge on any atom is 0.314 e. The molecule has 0 fully saturated rings. The molecule has 0 rings (SSSR count). The predicted molar refractivity (Wildman–Crippen MR) is 71.5 cm³/mol. The molecular formula is C13H26N2O3. The van der Waals surface area contributed by atoms with Crippen molar-refractivity contribution in [3.63, 3.8) is 0 Å². The van der Waals surface area contributed by atoms with Crippen molar-refractivity contribution in [1.29, 1.82) is 0 Å². The second kappa shape index (κ2) is 9.74. The average molecular weight is 258 g/mol. The first-order chi connectivity index (χ1) is 8.45. The summed E-state index contributed by atoms with van der Waals surface area (Å²) in [5, 5.41) is 14.2. The molecule has 0 aliphatic rings. The van der Waals surface area contributed by atoms with Crippen LogP contribution in [0.5, 0.6) is 0 Å². The molecular weight excluding hydrogens is 232 g/mol. The Kier molecular flexibility index (Phi) is 9.06. The minimum atomic E-state index is -0.754. The van der Waals surface area contributed by atoms with E-state index >= 15 is 0 Å². The summed E-state index contributed by atoms with van der Waals surface area (Å²) in [7, 11) is 0. The van der Waals surface area contributed by atoms with Gasteiger partial charge >= 0.3 is 12.0 Å². The van der Waals surface area contributed by atoms with Gasteiger partial charge in [0.1, 0.15) is 0 Å². The van der Waals surface area contributed by atoms with Crippen LogP contribution in [0.15, 0.2) is 0 Å². The van der Waals surface area contributed by atoms with Crippen LogP contribution in [-0.4, -0.2) is 30.2 Å². The summed E-state index contributed by atoms with van der Waals surface area (Å²) in [6.07, 6.45) is 2.67. The van der Waals surface area contributed by atoms with Crippen LogP contribution in [0, 0.1) is 11.8 Å². The maximum absolute atomic E-state index is 11.4. The lowest BCUT2D eigenvalue weighted by atomic mass is 9.97. The van der Waals surface area contributed by atoms with Crippen LogP contribution in [0.2, 0.25) is 0 Å². The zero-order valence-electron chi connectivity index (χ0n) is 11.7. The number of aliphatic carboxylic acids is 1. The highest BCUT2D eigenvalue weighted by molar-refractivity contribution is 5.73. The third kappa shape index (κ3) is 9.93. The van der Waals surface area contributed by atoms with Crippen molar-refractivity contribution in [3.8, 4) is 0 Å². The second-order valence-corrected chi connectivity index (χ2v) is 5.03. The molecule has 0 aromatic heterocycles. The van der Waals surface area contributed by atoms with Gasteiger partial charge in [0, 0.05) is 19.5 Å². The number of rotatable bonds is 9. The molecule has 0 saturated heterocycles. The molecule has 18 heavy (non-hydrogen) atoms. The van der Waals surface area contributed by atoms with Crippen LogP contribution >= 0.6 is 0 Å².